The first kappa shape index (κ1) is 17.7. The number of benzene rings is 3. The molecule has 0 amide bonds. The van der Waals surface area contributed by atoms with Gasteiger partial charge in [0.1, 0.15) is 12.4 Å². The quantitative estimate of drug-likeness (QED) is 0.509. The molecule has 0 saturated carbocycles. The van der Waals surface area contributed by atoms with Crippen molar-refractivity contribution in [1.82, 2.24) is 0 Å². The second-order valence-electron chi connectivity index (χ2n) is 6.32. The van der Waals surface area contributed by atoms with Gasteiger partial charge in [-0.2, -0.15) is 0 Å². The number of ether oxygens (including phenoxy) is 2. The lowest BCUT2D eigenvalue weighted by Gasteiger charge is -2.19. The van der Waals surface area contributed by atoms with Crippen LogP contribution in [-0.2, 0) is 11.3 Å². The molecule has 0 N–H and O–H groups in total. The van der Waals surface area contributed by atoms with Gasteiger partial charge in [0.15, 0.2) is 11.6 Å². The van der Waals surface area contributed by atoms with Gasteiger partial charge < -0.3 is 9.47 Å². The smallest absolute Gasteiger partial charge is 0.339 e. The number of para-hydroxylation sites is 1. The first-order chi connectivity index (χ1) is 13.6. The van der Waals surface area contributed by atoms with Crippen LogP contribution in [0.5, 0.6) is 5.75 Å². The van der Waals surface area contributed by atoms with E-state index in [1.165, 1.54) is 13.2 Å². The van der Waals surface area contributed by atoms with Crippen LogP contribution >= 0.6 is 0 Å². The van der Waals surface area contributed by atoms with Crippen LogP contribution in [0.2, 0.25) is 0 Å². The summed E-state index contributed by atoms with van der Waals surface area (Å²) in [4.78, 5) is 38.5. The van der Waals surface area contributed by atoms with E-state index in [1.54, 1.807) is 48.5 Å². The highest BCUT2D eigenvalue weighted by molar-refractivity contribution is 6.30. The first-order valence-electron chi connectivity index (χ1n) is 8.72. The predicted molar refractivity (Wildman–Crippen MR) is 102 cm³/mol. The average molecular weight is 372 g/mol. The van der Waals surface area contributed by atoms with Crippen LogP contribution in [0.25, 0.3) is 0 Å². The molecule has 1 aliphatic rings. The zero-order chi connectivity index (χ0) is 19.7. The molecule has 0 aromatic heterocycles. The number of fused-ring (bicyclic) bond motifs is 2. The summed E-state index contributed by atoms with van der Waals surface area (Å²) in [6, 6.07) is 18.4. The highest BCUT2D eigenvalue weighted by Crippen LogP contribution is 2.30. The van der Waals surface area contributed by atoms with E-state index < -0.39 is 5.97 Å². The molecular weight excluding hydrogens is 356 g/mol. The van der Waals surface area contributed by atoms with Crippen molar-refractivity contribution >= 4 is 17.5 Å². The van der Waals surface area contributed by atoms with Gasteiger partial charge in [0, 0.05) is 27.8 Å². The summed E-state index contributed by atoms with van der Waals surface area (Å²) in [5, 5.41) is 0. The van der Waals surface area contributed by atoms with E-state index in [9.17, 15) is 14.4 Å². The van der Waals surface area contributed by atoms with E-state index in [-0.39, 0.29) is 34.9 Å². The molecule has 5 nitrogen and oxygen atoms in total. The molecule has 5 heteroatoms. The van der Waals surface area contributed by atoms with Crippen molar-refractivity contribution in [3.05, 3.63) is 100 Å². The molecule has 0 fully saturated rings. The van der Waals surface area contributed by atoms with E-state index in [2.05, 4.69) is 0 Å². The zero-order valence-corrected chi connectivity index (χ0v) is 15.1. The van der Waals surface area contributed by atoms with Gasteiger partial charge in [-0.25, -0.2) is 4.79 Å². The van der Waals surface area contributed by atoms with Gasteiger partial charge in [-0.3, -0.25) is 9.59 Å². The third kappa shape index (κ3) is 2.87. The monoisotopic (exact) mass is 372 g/mol. The van der Waals surface area contributed by atoms with Crippen LogP contribution in [0, 0.1) is 0 Å². The first-order valence-corrected chi connectivity index (χ1v) is 8.72. The maximum atomic E-state index is 13.0. The van der Waals surface area contributed by atoms with Gasteiger partial charge in [0.05, 0.1) is 12.7 Å². The van der Waals surface area contributed by atoms with Gasteiger partial charge in [0.2, 0.25) is 0 Å². The predicted octanol–water partition coefficient (Wildman–Crippen LogP) is 3.83. The number of methoxy groups -OCH3 is 1. The minimum absolute atomic E-state index is 0.00869. The van der Waals surface area contributed by atoms with Crippen LogP contribution in [0.15, 0.2) is 66.7 Å². The van der Waals surface area contributed by atoms with Crippen molar-refractivity contribution in [2.45, 2.75) is 6.61 Å². The van der Waals surface area contributed by atoms with Crippen LogP contribution < -0.4 is 4.74 Å². The van der Waals surface area contributed by atoms with Gasteiger partial charge in [-0.15, -0.1) is 0 Å². The fraction of sp³-hybridized carbons (Fsp3) is 0.0870. The Kier molecular flexibility index (Phi) is 4.49. The van der Waals surface area contributed by atoms with Crippen LogP contribution in [0.4, 0.5) is 0 Å². The molecule has 0 radical (unpaired) electrons. The van der Waals surface area contributed by atoms with Gasteiger partial charge in [-0.1, -0.05) is 54.6 Å². The van der Waals surface area contributed by atoms with Crippen LogP contribution in [0.3, 0.4) is 0 Å². The molecule has 1 aliphatic carbocycles. The maximum Gasteiger partial charge on any atom is 0.339 e. The van der Waals surface area contributed by atoms with Crippen LogP contribution in [-0.4, -0.2) is 24.6 Å². The number of ketones is 2. The fourth-order valence-corrected chi connectivity index (χ4v) is 3.36. The molecule has 0 bridgehead atoms. The second kappa shape index (κ2) is 7.12. The van der Waals surface area contributed by atoms with Crippen molar-refractivity contribution in [2.24, 2.45) is 0 Å². The highest BCUT2D eigenvalue weighted by atomic mass is 16.5. The average Bonchev–Trinajstić information content (AvgIpc) is 2.75. The topological polar surface area (TPSA) is 69.7 Å². The normalized spacial score (nSPS) is 12.2. The number of carbonyl (C=O) groups is 3. The molecule has 0 spiro atoms. The second-order valence-corrected chi connectivity index (χ2v) is 6.32. The molecule has 0 heterocycles. The van der Waals surface area contributed by atoms with Gasteiger partial charge in [-0.05, 0) is 12.1 Å². The largest absolute Gasteiger partial charge is 0.496 e. The Bertz CT molecular complexity index is 1110. The summed E-state index contributed by atoms with van der Waals surface area (Å²) in [5.41, 5.74) is 1.74. The summed E-state index contributed by atoms with van der Waals surface area (Å²) in [6.45, 7) is -0.00869. The molecule has 4 rings (SSSR count). The van der Waals surface area contributed by atoms with E-state index in [0.717, 1.165) is 0 Å². The van der Waals surface area contributed by atoms with Gasteiger partial charge >= 0.3 is 5.97 Å². The molecule has 0 aliphatic heterocycles. The number of esters is 1. The molecule has 138 valence electrons. The summed E-state index contributed by atoms with van der Waals surface area (Å²) in [6.07, 6.45) is 0. The lowest BCUT2D eigenvalue weighted by Crippen LogP contribution is -2.24. The fourth-order valence-electron chi connectivity index (χ4n) is 3.36. The number of hydrogen-bond donors (Lipinski definition) is 0. The SMILES string of the molecule is COc1ccccc1COC(=O)c1cccc2c1C(=O)c1ccccc1C2=O. The maximum absolute atomic E-state index is 13.0. The van der Waals surface area contributed by atoms with E-state index in [4.69, 9.17) is 9.47 Å². The Labute approximate surface area is 161 Å². The van der Waals surface area contributed by atoms with Crippen molar-refractivity contribution in [2.75, 3.05) is 7.11 Å². The van der Waals surface area contributed by atoms with Crippen molar-refractivity contribution in [3.63, 3.8) is 0 Å². The molecule has 3 aromatic carbocycles. The van der Waals surface area contributed by atoms with Gasteiger partial charge in [0.25, 0.3) is 0 Å². The van der Waals surface area contributed by atoms with Crippen LogP contribution in [0.1, 0.15) is 47.8 Å². The van der Waals surface area contributed by atoms with Crippen molar-refractivity contribution in [3.8, 4) is 5.75 Å². The van der Waals surface area contributed by atoms with E-state index >= 15 is 0 Å². The zero-order valence-electron chi connectivity index (χ0n) is 15.1. The Morgan fingerprint density at radius 2 is 1.43 bits per heavy atom. The van der Waals surface area contributed by atoms with Crippen molar-refractivity contribution in [1.29, 1.82) is 0 Å². The minimum atomic E-state index is -0.664. The summed E-state index contributed by atoms with van der Waals surface area (Å²) in [7, 11) is 1.54. The third-order valence-electron chi connectivity index (χ3n) is 4.72. The molecular formula is C23H16O5. The third-order valence-corrected chi connectivity index (χ3v) is 4.72. The van der Waals surface area contributed by atoms with E-state index in [1.807, 2.05) is 12.1 Å². The van der Waals surface area contributed by atoms with Crippen molar-refractivity contribution < 1.29 is 23.9 Å². The number of rotatable bonds is 4. The molecule has 28 heavy (non-hydrogen) atoms. The summed E-state index contributed by atoms with van der Waals surface area (Å²) >= 11 is 0. The molecule has 0 unspecified atom stereocenters. The van der Waals surface area contributed by atoms with E-state index in [0.29, 0.717) is 22.4 Å². The Morgan fingerprint density at radius 3 is 2.18 bits per heavy atom. The highest BCUT2D eigenvalue weighted by Gasteiger charge is 2.33. The number of hydrogen-bond acceptors (Lipinski definition) is 5. The molecule has 0 saturated heterocycles. The number of carbonyl (C=O) groups excluding carboxylic acids is 3. The Morgan fingerprint density at radius 1 is 0.786 bits per heavy atom. The summed E-state index contributed by atoms with van der Waals surface area (Å²) < 4.78 is 10.7. The molecule has 3 aromatic rings. The Balaban J connectivity index is 1.68. The summed E-state index contributed by atoms with van der Waals surface area (Å²) in [5.74, 6) is -0.687. The lowest BCUT2D eigenvalue weighted by atomic mass is 9.82. The Hall–Kier alpha value is -3.73. The minimum Gasteiger partial charge on any atom is -0.496 e. The standard InChI is InChI=1S/C23H16O5/c1-27-19-12-5-2-7-14(19)13-28-23(26)18-11-6-10-17-20(18)22(25)16-9-4-3-8-15(16)21(17)24/h2-12H,13H2,1H3. The lowest BCUT2D eigenvalue weighted by molar-refractivity contribution is 0.0467. The molecule has 0 atom stereocenters.